The number of halogens is 1. The summed E-state index contributed by atoms with van der Waals surface area (Å²) in [4.78, 5) is 12.9. The molecule has 0 aliphatic carbocycles. The molecule has 0 saturated heterocycles. The largest absolute Gasteiger partial charge is 0.348 e. The highest BCUT2D eigenvalue weighted by Crippen LogP contribution is 2.20. The number of amides is 1. The average molecular weight is 335 g/mol. The first-order valence-corrected chi connectivity index (χ1v) is 7.47. The van der Waals surface area contributed by atoms with E-state index >= 15 is 0 Å². The molecule has 0 fully saturated rings. The molecule has 0 unspecified atom stereocenters. The van der Waals surface area contributed by atoms with Crippen LogP contribution >= 0.6 is 15.9 Å². The molecule has 0 aliphatic heterocycles. The maximum atomic E-state index is 12.0. The van der Waals surface area contributed by atoms with E-state index in [4.69, 9.17) is 0 Å². The zero-order valence-electron chi connectivity index (χ0n) is 10.4. The lowest BCUT2D eigenvalue weighted by molar-refractivity contribution is -0.127. The molecule has 100 valence electrons. The van der Waals surface area contributed by atoms with Crippen LogP contribution in [0.2, 0.25) is 0 Å². The first-order valence-electron chi connectivity index (χ1n) is 5.20. The second-order valence-electron chi connectivity index (χ2n) is 4.02. The van der Waals surface area contributed by atoms with Crippen molar-refractivity contribution in [1.82, 2.24) is 9.62 Å². The number of hydrogen-bond acceptors (Lipinski definition) is 3. The number of likely N-dealkylation sites (N-methyl/N-ethyl adjacent to an activating group) is 1. The van der Waals surface area contributed by atoms with Gasteiger partial charge in [-0.15, -0.1) is 0 Å². The number of rotatable bonds is 4. The summed E-state index contributed by atoms with van der Waals surface area (Å²) >= 11 is 3.22. The minimum atomic E-state index is -3.67. The van der Waals surface area contributed by atoms with Gasteiger partial charge in [-0.3, -0.25) is 4.79 Å². The van der Waals surface area contributed by atoms with Crippen molar-refractivity contribution in [2.24, 2.45) is 0 Å². The summed E-state index contributed by atoms with van der Waals surface area (Å²) in [7, 11) is -0.529. The molecule has 1 N–H and O–H groups in total. The van der Waals surface area contributed by atoms with Crippen LogP contribution in [0.25, 0.3) is 0 Å². The van der Waals surface area contributed by atoms with Gasteiger partial charge in [0.25, 0.3) is 0 Å². The maximum Gasteiger partial charge on any atom is 0.241 e. The van der Waals surface area contributed by atoms with Crippen molar-refractivity contribution in [1.29, 1.82) is 0 Å². The fourth-order valence-corrected chi connectivity index (χ4v) is 3.01. The minimum Gasteiger partial charge on any atom is -0.348 e. The molecule has 0 aromatic heterocycles. The summed E-state index contributed by atoms with van der Waals surface area (Å²) in [5.74, 6) is -0.300. The van der Waals surface area contributed by atoms with E-state index in [2.05, 4.69) is 20.7 Å². The van der Waals surface area contributed by atoms with E-state index in [9.17, 15) is 13.2 Å². The molecule has 5 nitrogen and oxygen atoms in total. The molecule has 1 aromatic rings. The predicted molar refractivity (Wildman–Crippen MR) is 72.8 cm³/mol. The molecule has 7 heteroatoms. The third-order valence-corrected chi connectivity index (χ3v) is 4.39. The van der Waals surface area contributed by atoms with Crippen molar-refractivity contribution < 1.29 is 13.2 Å². The molecule has 1 amide bonds. The van der Waals surface area contributed by atoms with Crippen LogP contribution in [0.4, 0.5) is 0 Å². The fourth-order valence-electron chi connectivity index (χ4n) is 1.26. The van der Waals surface area contributed by atoms with E-state index in [1.54, 1.807) is 33.2 Å². The Morgan fingerprint density at radius 2 is 2.00 bits per heavy atom. The number of benzene rings is 1. The van der Waals surface area contributed by atoms with E-state index in [1.165, 1.54) is 11.0 Å². The average Bonchev–Trinajstić information content (AvgIpc) is 2.29. The number of hydrogen-bond donors (Lipinski definition) is 1. The number of carbonyl (C=O) groups excluding carboxylic acids is 1. The van der Waals surface area contributed by atoms with Crippen molar-refractivity contribution in [3.8, 4) is 0 Å². The van der Waals surface area contributed by atoms with E-state index in [1.807, 2.05) is 0 Å². The van der Waals surface area contributed by atoms with Gasteiger partial charge in [0.05, 0.1) is 11.4 Å². The van der Waals surface area contributed by atoms with Crippen LogP contribution in [-0.4, -0.2) is 39.9 Å². The summed E-state index contributed by atoms with van der Waals surface area (Å²) in [6.07, 6.45) is 0. The zero-order valence-corrected chi connectivity index (χ0v) is 12.8. The predicted octanol–water partition coefficient (Wildman–Crippen LogP) is 1.12. The van der Waals surface area contributed by atoms with Crippen LogP contribution in [0, 0.1) is 6.92 Å². The summed E-state index contributed by atoms with van der Waals surface area (Å²) in [5.41, 5.74) is 0.628. The Morgan fingerprint density at radius 1 is 1.39 bits per heavy atom. The quantitative estimate of drug-likeness (QED) is 0.897. The van der Waals surface area contributed by atoms with E-state index in [0.29, 0.717) is 10.0 Å². The van der Waals surface area contributed by atoms with Crippen LogP contribution in [0.3, 0.4) is 0 Å². The highest BCUT2D eigenvalue weighted by Gasteiger charge is 2.18. The van der Waals surface area contributed by atoms with Gasteiger partial charge in [0.1, 0.15) is 0 Å². The van der Waals surface area contributed by atoms with Crippen molar-refractivity contribution in [2.45, 2.75) is 11.8 Å². The molecule has 1 aromatic carbocycles. The Bertz CT molecular complexity index is 555. The molecule has 0 spiro atoms. The number of nitrogens with one attached hydrogen (secondary N) is 1. The Hall–Kier alpha value is -0.920. The zero-order chi connectivity index (χ0) is 13.9. The number of carbonyl (C=O) groups is 1. The Balaban J connectivity index is 2.93. The molecule has 0 bridgehead atoms. The van der Waals surface area contributed by atoms with Gasteiger partial charge in [-0.1, -0.05) is 22.0 Å². The molecule has 0 radical (unpaired) electrons. The Labute approximate surface area is 115 Å². The van der Waals surface area contributed by atoms with Crippen molar-refractivity contribution in [3.63, 3.8) is 0 Å². The highest BCUT2D eigenvalue weighted by atomic mass is 79.9. The smallest absolute Gasteiger partial charge is 0.241 e. The molecule has 0 aliphatic rings. The van der Waals surface area contributed by atoms with Crippen molar-refractivity contribution in [2.75, 3.05) is 20.6 Å². The Morgan fingerprint density at radius 3 is 2.56 bits per heavy atom. The van der Waals surface area contributed by atoms with Gasteiger partial charge >= 0.3 is 0 Å². The lowest BCUT2D eigenvalue weighted by Crippen LogP contribution is -2.36. The van der Waals surface area contributed by atoms with Gasteiger partial charge in [0, 0.05) is 18.6 Å². The normalized spacial score (nSPS) is 11.3. The van der Waals surface area contributed by atoms with Crippen molar-refractivity contribution >= 4 is 31.9 Å². The summed E-state index contributed by atoms with van der Waals surface area (Å²) < 4.78 is 27.0. The SMILES string of the molecule is Cc1ccc(Br)cc1S(=O)(=O)NCC(=O)N(C)C. The fraction of sp³-hybridized carbons (Fsp3) is 0.364. The second kappa shape index (κ2) is 5.81. The van der Waals surface area contributed by atoms with Gasteiger partial charge in [0.2, 0.25) is 15.9 Å². The van der Waals surface area contributed by atoms with Crippen LogP contribution in [0.1, 0.15) is 5.56 Å². The first kappa shape index (κ1) is 15.1. The molecule has 0 heterocycles. The monoisotopic (exact) mass is 334 g/mol. The van der Waals surface area contributed by atoms with Gasteiger partial charge in [-0.2, -0.15) is 0 Å². The molecule has 1 rings (SSSR count). The van der Waals surface area contributed by atoms with Gasteiger partial charge in [-0.05, 0) is 24.6 Å². The van der Waals surface area contributed by atoms with Gasteiger partial charge < -0.3 is 4.90 Å². The molecular formula is C11H15BrN2O3S. The first-order chi connectivity index (χ1) is 8.24. The van der Waals surface area contributed by atoms with E-state index in [0.717, 1.165) is 0 Å². The molecule has 0 atom stereocenters. The summed E-state index contributed by atoms with van der Waals surface area (Å²) in [6, 6.07) is 4.98. The van der Waals surface area contributed by atoms with E-state index in [-0.39, 0.29) is 17.3 Å². The summed E-state index contributed by atoms with van der Waals surface area (Å²) in [5, 5.41) is 0. The Kier molecular flexibility index (Phi) is 4.89. The number of sulfonamides is 1. The maximum absolute atomic E-state index is 12.0. The molecule has 18 heavy (non-hydrogen) atoms. The minimum absolute atomic E-state index is 0.170. The second-order valence-corrected chi connectivity index (χ2v) is 6.67. The van der Waals surface area contributed by atoms with Crippen LogP contribution < -0.4 is 4.72 Å². The lowest BCUT2D eigenvalue weighted by Gasteiger charge is -2.12. The topological polar surface area (TPSA) is 66.5 Å². The lowest BCUT2D eigenvalue weighted by atomic mass is 10.2. The van der Waals surface area contributed by atoms with Gasteiger partial charge in [-0.25, -0.2) is 13.1 Å². The van der Waals surface area contributed by atoms with Crippen LogP contribution in [0.15, 0.2) is 27.6 Å². The molecule has 0 saturated carbocycles. The van der Waals surface area contributed by atoms with Gasteiger partial charge in [0.15, 0.2) is 0 Å². The van der Waals surface area contributed by atoms with Crippen molar-refractivity contribution in [3.05, 3.63) is 28.2 Å². The van der Waals surface area contributed by atoms with E-state index < -0.39 is 10.0 Å². The third-order valence-electron chi connectivity index (χ3n) is 2.35. The number of nitrogens with zero attached hydrogens (tertiary/aromatic N) is 1. The number of aryl methyl sites for hydroxylation is 1. The van der Waals surface area contributed by atoms with Crippen LogP contribution in [0.5, 0.6) is 0 Å². The highest BCUT2D eigenvalue weighted by molar-refractivity contribution is 9.10. The summed E-state index contributed by atoms with van der Waals surface area (Å²) in [6.45, 7) is 1.45. The molecular weight excluding hydrogens is 320 g/mol. The van der Waals surface area contributed by atoms with Crippen LogP contribution in [-0.2, 0) is 14.8 Å². The third kappa shape index (κ3) is 3.79. The standard InChI is InChI=1S/C11H15BrN2O3S/c1-8-4-5-9(12)6-10(8)18(16,17)13-7-11(15)14(2)3/h4-6,13H,7H2,1-3H3.